The van der Waals surface area contributed by atoms with E-state index in [1.807, 2.05) is 65.5 Å². The lowest BCUT2D eigenvalue weighted by Gasteiger charge is -2.33. The molecule has 1 amide bonds. The number of benzene rings is 3. The quantitative estimate of drug-likeness (QED) is 0.166. The first-order valence-corrected chi connectivity index (χ1v) is 13.9. The minimum Gasteiger partial charge on any atom is -0.365 e. The highest BCUT2D eigenvalue weighted by molar-refractivity contribution is 8.93. The number of amides is 1. The van der Waals surface area contributed by atoms with Crippen LogP contribution in [0.3, 0.4) is 0 Å². The van der Waals surface area contributed by atoms with Gasteiger partial charge in [0.25, 0.3) is 0 Å². The van der Waals surface area contributed by atoms with Crippen molar-refractivity contribution in [3.8, 4) is 0 Å². The van der Waals surface area contributed by atoms with Gasteiger partial charge in [0.1, 0.15) is 17.6 Å². The second-order valence-corrected chi connectivity index (χ2v) is 10.8. The summed E-state index contributed by atoms with van der Waals surface area (Å²) in [6.07, 6.45) is 4.04. The van der Waals surface area contributed by atoms with Gasteiger partial charge in [-0.05, 0) is 54.3 Å². The zero-order valence-corrected chi connectivity index (χ0v) is 26.0. The van der Waals surface area contributed by atoms with Crippen LogP contribution in [0.15, 0.2) is 85.2 Å². The number of halogens is 5. The van der Waals surface area contributed by atoms with E-state index in [0.29, 0.717) is 28.3 Å². The van der Waals surface area contributed by atoms with Crippen molar-refractivity contribution >= 4 is 69.3 Å². The minimum atomic E-state index is -0.558. The highest BCUT2D eigenvalue weighted by Crippen LogP contribution is 2.33. The summed E-state index contributed by atoms with van der Waals surface area (Å²) in [6, 6.07) is 22.4. The molecule has 0 aromatic heterocycles. The van der Waals surface area contributed by atoms with Crippen LogP contribution in [0, 0.1) is 0 Å². The average molecular weight is 674 g/mol. The molecule has 0 saturated carbocycles. The van der Waals surface area contributed by atoms with Crippen LogP contribution in [-0.2, 0) is 22.6 Å². The van der Waals surface area contributed by atoms with E-state index in [1.54, 1.807) is 24.3 Å². The van der Waals surface area contributed by atoms with Gasteiger partial charge in [0.05, 0.1) is 13.3 Å². The molecule has 0 spiro atoms. The lowest BCUT2D eigenvalue weighted by Crippen LogP contribution is -2.45. The normalized spacial score (nSPS) is 15.0. The van der Waals surface area contributed by atoms with Crippen LogP contribution in [-0.4, -0.2) is 40.5 Å². The maximum absolute atomic E-state index is 12.8. The van der Waals surface area contributed by atoms with Crippen molar-refractivity contribution in [3.05, 3.63) is 117 Å². The lowest BCUT2D eigenvalue weighted by molar-refractivity contribution is -0.125. The monoisotopic (exact) mass is 671 g/mol. The van der Waals surface area contributed by atoms with Gasteiger partial charge in [0, 0.05) is 34.0 Å². The third kappa shape index (κ3) is 8.78. The summed E-state index contributed by atoms with van der Waals surface area (Å²) in [4.78, 5) is 16.7. The summed E-state index contributed by atoms with van der Waals surface area (Å²) >= 11 is 25.5. The van der Waals surface area contributed by atoms with Crippen LogP contribution in [0.4, 0.5) is 0 Å². The maximum Gasteiger partial charge on any atom is 0.242 e. The zero-order chi connectivity index (χ0) is 27.1. The number of nitrogens with one attached hydrogen (secondary N) is 1. The first-order valence-electron chi connectivity index (χ1n) is 12.3. The van der Waals surface area contributed by atoms with Crippen molar-refractivity contribution < 1.29 is 9.53 Å². The summed E-state index contributed by atoms with van der Waals surface area (Å²) in [6.45, 7) is 3.14. The van der Waals surface area contributed by atoms with Gasteiger partial charge in [-0.1, -0.05) is 94.9 Å². The lowest BCUT2D eigenvalue weighted by atomic mass is 10.1. The Kier molecular flexibility index (Phi) is 12.3. The fourth-order valence-electron chi connectivity index (χ4n) is 4.12. The van der Waals surface area contributed by atoms with Gasteiger partial charge in [-0.2, -0.15) is 0 Å². The molecule has 0 aliphatic carbocycles. The van der Waals surface area contributed by atoms with E-state index in [1.165, 1.54) is 5.56 Å². The highest BCUT2D eigenvalue weighted by atomic mass is 79.9. The molecule has 5 nitrogen and oxygen atoms in total. The summed E-state index contributed by atoms with van der Waals surface area (Å²) in [7, 11) is 0. The van der Waals surface area contributed by atoms with E-state index in [9.17, 15) is 4.79 Å². The molecule has 3 aromatic rings. The predicted molar refractivity (Wildman–Crippen MR) is 166 cm³/mol. The molecule has 3 atom stereocenters. The second kappa shape index (κ2) is 15.2. The molecule has 0 fully saturated rings. The Hall–Kier alpha value is -1.93. The van der Waals surface area contributed by atoms with Gasteiger partial charge >= 0.3 is 0 Å². The third-order valence-corrected chi connectivity index (χ3v) is 7.73. The van der Waals surface area contributed by atoms with Crippen LogP contribution >= 0.6 is 63.4 Å². The van der Waals surface area contributed by atoms with Gasteiger partial charge in [-0.25, -0.2) is 0 Å². The van der Waals surface area contributed by atoms with E-state index in [-0.39, 0.29) is 35.5 Å². The summed E-state index contributed by atoms with van der Waals surface area (Å²) in [5.74, 6) is -0.0403. The van der Waals surface area contributed by atoms with Crippen molar-refractivity contribution in [3.63, 3.8) is 0 Å². The number of carbonyl (C=O) groups excluding carboxylic acids is 1. The Labute approximate surface area is 260 Å². The van der Waals surface area contributed by atoms with Gasteiger partial charge in [-0.3, -0.25) is 4.79 Å². The Balaban J connectivity index is 0.00000420. The van der Waals surface area contributed by atoms with Gasteiger partial charge < -0.3 is 19.9 Å². The molecule has 1 aliphatic heterocycles. The van der Waals surface area contributed by atoms with Crippen LogP contribution in [0.25, 0.3) is 0 Å². The number of alkyl halides is 1. The largest absolute Gasteiger partial charge is 0.365 e. The van der Waals surface area contributed by atoms with Crippen molar-refractivity contribution in [2.24, 2.45) is 0 Å². The number of hydrogen-bond donors (Lipinski definition) is 1. The molecule has 0 saturated heterocycles. The van der Waals surface area contributed by atoms with Crippen molar-refractivity contribution in [2.75, 3.05) is 13.2 Å². The second-order valence-electron chi connectivity index (χ2n) is 9.06. The number of nitrogens with zero attached hydrogens (tertiary/aromatic N) is 2. The summed E-state index contributed by atoms with van der Waals surface area (Å²) < 4.78 is 6.31. The topological polar surface area (TPSA) is 44.8 Å². The minimum absolute atomic E-state index is 0. The molecule has 39 heavy (non-hydrogen) atoms. The Morgan fingerprint density at radius 3 is 2.31 bits per heavy atom. The van der Waals surface area contributed by atoms with Crippen LogP contribution in [0.5, 0.6) is 0 Å². The Morgan fingerprint density at radius 1 is 0.949 bits per heavy atom. The Bertz CT molecular complexity index is 1250. The van der Waals surface area contributed by atoms with E-state index >= 15 is 0 Å². The molecule has 1 aliphatic rings. The zero-order valence-electron chi connectivity index (χ0n) is 21.3. The molecule has 0 radical (unpaired) electrons. The molecule has 208 valence electrons. The predicted octanol–water partition coefficient (Wildman–Crippen LogP) is 7.84. The number of rotatable bonds is 11. The summed E-state index contributed by atoms with van der Waals surface area (Å²) in [5, 5.41) is 4.74. The number of ether oxygens (including phenoxy) is 1. The van der Waals surface area contributed by atoms with Gasteiger partial charge in [0.2, 0.25) is 5.91 Å². The van der Waals surface area contributed by atoms with Crippen molar-refractivity contribution in [2.45, 2.75) is 37.6 Å². The van der Waals surface area contributed by atoms with Crippen molar-refractivity contribution in [1.82, 2.24) is 15.1 Å². The van der Waals surface area contributed by atoms with Crippen molar-refractivity contribution in [1.29, 1.82) is 0 Å². The van der Waals surface area contributed by atoms with E-state index < -0.39 is 11.6 Å². The SMILES string of the molecule is Br.CC(C(=O)NCCc1ccccc1)N1C=CN(C(Cl)C(OCc2ccc(Cl)cc2Cl)c2ccc(Cl)cc2)C1. The molecule has 1 N–H and O–H groups in total. The smallest absolute Gasteiger partial charge is 0.242 e. The maximum atomic E-state index is 12.8. The molecule has 3 unspecified atom stereocenters. The van der Waals surface area contributed by atoms with E-state index in [4.69, 9.17) is 51.1 Å². The van der Waals surface area contributed by atoms with Crippen LogP contribution < -0.4 is 5.32 Å². The van der Waals surface area contributed by atoms with Gasteiger partial charge in [-0.15, -0.1) is 17.0 Å². The molecular weight excluding hydrogens is 644 g/mol. The van der Waals surface area contributed by atoms with Crippen LogP contribution in [0.2, 0.25) is 15.1 Å². The first-order chi connectivity index (χ1) is 18.3. The standard InChI is InChI=1S/C29H29Cl4N3O2.BrH/c1-20(29(37)34-14-13-21-5-3-2-4-6-21)35-15-16-36(19-35)28(33)27(22-7-10-24(30)11-8-22)38-18-23-9-12-25(31)17-26(23)32;/h2-12,15-17,20,27-28H,13-14,18-19H2,1H3,(H,34,37);1H. The van der Waals surface area contributed by atoms with Gasteiger partial charge in [0.15, 0.2) is 0 Å². The van der Waals surface area contributed by atoms with Crippen LogP contribution in [0.1, 0.15) is 29.7 Å². The summed E-state index contributed by atoms with van der Waals surface area (Å²) in [5.41, 5.74) is 2.30. The molecule has 4 rings (SSSR count). The third-order valence-electron chi connectivity index (χ3n) is 6.41. The number of hydrogen-bond acceptors (Lipinski definition) is 4. The Morgan fingerprint density at radius 2 is 1.62 bits per heavy atom. The molecule has 10 heteroatoms. The highest BCUT2D eigenvalue weighted by Gasteiger charge is 2.32. The molecule has 3 aromatic carbocycles. The van der Waals surface area contributed by atoms with E-state index in [2.05, 4.69) is 17.4 Å². The van der Waals surface area contributed by atoms with E-state index in [0.717, 1.165) is 17.5 Å². The number of carbonyl (C=O) groups is 1. The fourth-order valence-corrected chi connectivity index (χ4v) is 5.05. The molecule has 1 heterocycles. The first kappa shape index (κ1) is 31.6. The molecule has 0 bridgehead atoms. The average Bonchev–Trinajstić information content (AvgIpc) is 3.41. The molecular formula is C29H30BrCl4N3O2. The fraction of sp³-hybridized carbons (Fsp3) is 0.276.